The van der Waals surface area contributed by atoms with Gasteiger partial charge in [-0.1, -0.05) is 23.7 Å². The molecular formula is C15H12ClN3O. The summed E-state index contributed by atoms with van der Waals surface area (Å²) in [4.78, 5) is 15.9. The molecule has 0 saturated carbocycles. The number of rotatable bonds is 3. The summed E-state index contributed by atoms with van der Waals surface area (Å²) < 4.78 is 0. The highest BCUT2D eigenvalue weighted by Crippen LogP contribution is 2.17. The second-order valence-corrected chi connectivity index (χ2v) is 4.69. The smallest absolute Gasteiger partial charge is 0.253 e. The minimum atomic E-state index is -0.255. The summed E-state index contributed by atoms with van der Waals surface area (Å²) in [5.41, 5.74) is 1.90. The molecule has 2 rings (SSSR count). The zero-order valence-corrected chi connectivity index (χ0v) is 11.6. The molecule has 1 N–H and O–H groups in total. The van der Waals surface area contributed by atoms with Crippen molar-refractivity contribution >= 4 is 17.5 Å². The highest BCUT2D eigenvalue weighted by atomic mass is 35.5. The molecule has 0 spiro atoms. The van der Waals surface area contributed by atoms with Crippen molar-refractivity contribution in [1.29, 1.82) is 5.26 Å². The molecule has 5 heteroatoms. The third-order valence-corrected chi connectivity index (χ3v) is 3.21. The summed E-state index contributed by atoms with van der Waals surface area (Å²) in [7, 11) is 0. The summed E-state index contributed by atoms with van der Waals surface area (Å²) >= 11 is 5.93. The Morgan fingerprint density at radius 2 is 2.05 bits per heavy atom. The number of amides is 1. The molecule has 20 heavy (non-hydrogen) atoms. The van der Waals surface area contributed by atoms with E-state index in [0.29, 0.717) is 16.1 Å². The third-order valence-electron chi connectivity index (χ3n) is 2.90. The highest BCUT2D eigenvalue weighted by molar-refractivity contribution is 6.33. The van der Waals surface area contributed by atoms with E-state index in [1.807, 2.05) is 19.1 Å². The van der Waals surface area contributed by atoms with Crippen LogP contribution in [0.4, 0.5) is 0 Å². The number of hydrogen-bond donors (Lipinski definition) is 1. The molecule has 2 aromatic rings. The van der Waals surface area contributed by atoms with E-state index in [2.05, 4.69) is 16.4 Å². The zero-order valence-electron chi connectivity index (χ0n) is 10.8. The van der Waals surface area contributed by atoms with Gasteiger partial charge < -0.3 is 5.32 Å². The number of benzene rings is 1. The van der Waals surface area contributed by atoms with E-state index >= 15 is 0 Å². The maximum atomic E-state index is 12.1. The fraction of sp³-hybridized carbons (Fsp3) is 0.133. The lowest BCUT2D eigenvalue weighted by atomic mass is 10.1. The van der Waals surface area contributed by atoms with Crippen molar-refractivity contribution in [1.82, 2.24) is 10.3 Å². The number of carbonyl (C=O) groups is 1. The van der Waals surface area contributed by atoms with Crippen molar-refractivity contribution < 1.29 is 4.79 Å². The fourth-order valence-electron chi connectivity index (χ4n) is 1.76. The molecular weight excluding hydrogens is 274 g/mol. The largest absolute Gasteiger partial charge is 0.345 e. The standard InChI is InChI=1S/C15H12ClN3O/c1-10(12-4-2-11(8-17)3-5-12)19-15(20)13-6-7-18-9-14(13)16/h2-7,9-10H,1H3,(H,19,20). The van der Waals surface area contributed by atoms with Crippen LogP contribution in [0, 0.1) is 11.3 Å². The van der Waals surface area contributed by atoms with E-state index in [9.17, 15) is 4.79 Å². The molecule has 0 aliphatic heterocycles. The number of pyridine rings is 1. The average molecular weight is 286 g/mol. The van der Waals surface area contributed by atoms with E-state index in [4.69, 9.17) is 16.9 Å². The van der Waals surface area contributed by atoms with Crippen molar-refractivity contribution in [3.05, 3.63) is 64.4 Å². The number of halogens is 1. The van der Waals surface area contributed by atoms with E-state index in [0.717, 1.165) is 5.56 Å². The van der Waals surface area contributed by atoms with E-state index in [-0.39, 0.29) is 11.9 Å². The molecule has 0 aliphatic rings. The van der Waals surface area contributed by atoms with Gasteiger partial charge in [0, 0.05) is 12.4 Å². The molecule has 1 atom stereocenters. The molecule has 0 radical (unpaired) electrons. The van der Waals surface area contributed by atoms with Crippen LogP contribution >= 0.6 is 11.6 Å². The minimum absolute atomic E-state index is 0.181. The first kappa shape index (κ1) is 14.0. The summed E-state index contributed by atoms with van der Waals surface area (Å²) in [5, 5.41) is 11.9. The van der Waals surface area contributed by atoms with Crippen molar-refractivity contribution in [2.24, 2.45) is 0 Å². The molecule has 0 bridgehead atoms. The first-order chi connectivity index (χ1) is 9.61. The molecule has 1 aromatic carbocycles. The summed E-state index contributed by atoms with van der Waals surface area (Å²) in [6, 6.07) is 10.5. The van der Waals surface area contributed by atoms with Crippen LogP contribution < -0.4 is 5.32 Å². The first-order valence-electron chi connectivity index (χ1n) is 6.02. The lowest BCUT2D eigenvalue weighted by molar-refractivity contribution is 0.0940. The number of aromatic nitrogens is 1. The summed E-state index contributed by atoms with van der Waals surface area (Å²) in [6.07, 6.45) is 2.95. The van der Waals surface area contributed by atoms with Gasteiger partial charge in [-0.25, -0.2) is 0 Å². The lowest BCUT2D eigenvalue weighted by Crippen LogP contribution is -2.26. The van der Waals surface area contributed by atoms with Gasteiger partial charge in [0.15, 0.2) is 0 Å². The van der Waals surface area contributed by atoms with Gasteiger partial charge in [0.25, 0.3) is 5.91 Å². The Morgan fingerprint density at radius 3 is 2.65 bits per heavy atom. The van der Waals surface area contributed by atoms with Crippen LogP contribution in [0.3, 0.4) is 0 Å². The van der Waals surface area contributed by atoms with Crippen LogP contribution in [-0.2, 0) is 0 Å². The second-order valence-electron chi connectivity index (χ2n) is 4.28. The van der Waals surface area contributed by atoms with Crippen LogP contribution in [0.2, 0.25) is 5.02 Å². The SMILES string of the molecule is CC(NC(=O)c1ccncc1Cl)c1ccc(C#N)cc1. The minimum Gasteiger partial charge on any atom is -0.345 e. The Hall–Kier alpha value is -2.38. The van der Waals surface area contributed by atoms with Crippen LogP contribution in [0.5, 0.6) is 0 Å². The van der Waals surface area contributed by atoms with Gasteiger partial charge in [-0.15, -0.1) is 0 Å². The molecule has 0 saturated heterocycles. The van der Waals surface area contributed by atoms with E-state index in [1.165, 1.54) is 12.4 Å². The molecule has 4 nitrogen and oxygen atoms in total. The molecule has 100 valence electrons. The Balaban J connectivity index is 2.11. The second kappa shape index (κ2) is 6.18. The van der Waals surface area contributed by atoms with Gasteiger partial charge in [-0.2, -0.15) is 5.26 Å². The van der Waals surface area contributed by atoms with Crippen molar-refractivity contribution in [2.75, 3.05) is 0 Å². The van der Waals surface area contributed by atoms with Gasteiger partial charge in [0.1, 0.15) is 0 Å². The zero-order chi connectivity index (χ0) is 14.5. The van der Waals surface area contributed by atoms with Crippen LogP contribution in [0.25, 0.3) is 0 Å². The van der Waals surface area contributed by atoms with Crippen molar-refractivity contribution in [3.63, 3.8) is 0 Å². The van der Waals surface area contributed by atoms with Crippen LogP contribution in [-0.4, -0.2) is 10.9 Å². The number of hydrogen-bond acceptors (Lipinski definition) is 3. The van der Waals surface area contributed by atoms with Crippen molar-refractivity contribution in [2.45, 2.75) is 13.0 Å². The number of nitrogens with one attached hydrogen (secondary N) is 1. The Bertz CT molecular complexity index is 662. The quantitative estimate of drug-likeness (QED) is 0.942. The summed E-state index contributed by atoms with van der Waals surface area (Å²) in [5.74, 6) is -0.255. The van der Waals surface area contributed by atoms with Crippen molar-refractivity contribution in [3.8, 4) is 6.07 Å². The lowest BCUT2D eigenvalue weighted by Gasteiger charge is -2.14. The molecule has 1 amide bonds. The molecule has 0 fully saturated rings. The van der Waals surface area contributed by atoms with E-state index < -0.39 is 0 Å². The van der Waals surface area contributed by atoms with Gasteiger partial charge in [-0.05, 0) is 30.7 Å². The van der Waals surface area contributed by atoms with Gasteiger partial charge in [-0.3, -0.25) is 9.78 Å². The molecule has 0 aliphatic carbocycles. The van der Waals surface area contributed by atoms with Gasteiger partial charge in [0.2, 0.25) is 0 Å². The number of carbonyl (C=O) groups excluding carboxylic acids is 1. The Morgan fingerprint density at radius 1 is 1.35 bits per heavy atom. The van der Waals surface area contributed by atoms with Crippen LogP contribution in [0.15, 0.2) is 42.7 Å². The predicted molar refractivity (Wildman–Crippen MR) is 76.3 cm³/mol. The van der Waals surface area contributed by atoms with Gasteiger partial charge in [0.05, 0.1) is 28.3 Å². The molecule has 1 aromatic heterocycles. The number of nitrogens with zero attached hydrogens (tertiary/aromatic N) is 2. The maximum absolute atomic E-state index is 12.1. The monoisotopic (exact) mass is 285 g/mol. The Kier molecular flexibility index (Phi) is 4.34. The molecule has 1 unspecified atom stereocenters. The topological polar surface area (TPSA) is 65.8 Å². The van der Waals surface area contributed by atoms with Gasteiger partial charge >= 0.3 is 0 Å². The highest BCUT2D eigenvalue weighted by Gasteiger charge is 2.14. The predicted octanol–water partition coefficient (Wildman–Crippen LogP) is 3.10. The number of nitriles is 1. The summed E-state index contributed by atoms with van der Waals surface area (Å²) in [6.45, 7) is 1.87. The average Bonchev–Trinajstić information content (AvgIpc) is 2.47. The maximum Gasteiger partial charge on any atom is 0.253 e. The third kappa shape index (κ3) is 3.14. The fourth-order valence-corrected chi connectivity index (χ4v) is 1.97. The van der Waals surface area contributed by atoms with E-state index in [1.54, 1.807) is 18.2 Å². The first-order valence-corrected chi connectivity index (χ1v) is 6.40. The Labute approximate surface area is 122 Å². The molecule has 1 heterocycles. The normalized spacial score (nSPS) is 11.4. The van der Waals surface area contributed by atoms with Crippen LogP contribution in [0.1, 0.15) is 34.5 Å².